The molecule has 142 valence electrons. The average molecular weight is 360 g/mol. The SMILES string of the molecule is C/C=C(/C)C(=O)O[C@H]1CCC2=C[C@@H]3OC(=O)C(C)=C3[C@@H](OC)[C@]2(C)[C@H]1C. The normalized spacial score (nSPS) is 36.9. The van der Waals surface area contributed by atoms with Crippen LogP contribution in [0.1, 0.15) is 47.5 Å². The van der Waals surface area contributed by atoms with Crippen molar-refractivity contribution >= 4 is 11.9 Å². The summed E-state index contributed by atoms with van der Waals surface area (Å²) in [5.41, 5.74) is 3.04. The van der Waals surface area contributed by atoms with Gasteiger partial charge in [0.05, 0.1) is 6.10 Å². The number of allylic oxidation sites excluding steroid dienone is 1. The van der Waals surface area contributed by atoms with Gasteiger partial charge >= 0.3 is 11.9 Å². The summed E-state index contributed by atoms with van der Waals surface area (Å²) in [6.07, 6.45) is 4.62. The van der Waals surface area contributed by atoms with E-state index in [1.165, 1.54) is 5.57 Å². The first kappa shape index (κ1) is 18.9. The van der Waals surface area contributed by atoms with E-state index in [9.17, 15) is 9.59 Å². The molecular weight excluding hydrogens is 332 g/mol. The number of esters is 2. The number of rotatable bonds is 3. The van der Waals surface area contributed by atoms with Crippen molar-refractivity contribution in [1.29, 1.82) is 0 Å². The molecular formula is C21H28O5. The molecule has 0 aromatic heterocycles. The second-order valence-corrected chi connectivity index (χ2v) is 7.74. The summed E-state index contributed by atoms with van der Waals surface area (Å²) in [7, 11) is 1.67. The quantitative estimate of drug-likeness (QED) is 0.438. The van der Waals surface area contributed by atoms with E-state index in [2.05, 4.69) is 19.9 Å². The van der Waals surface area contributed by atoms with Crippen molar-refractivity contribution in [3.63, 3.8) is 0 Å². The largest absolute Gasteiger partial charge is 0.459 e. The van der Waals surface area contributed by atoms with Gasteiger partial charge in [-0.2, -0.15) is 0 Å². The van der Waals surface area contributed by atoms with E-state index >= 15 is 0 Å². The average Bonchev–Trinajstić information content (AvgIpc) is 2.90. The lowest BCUT2D eigenvalue weighted by Gasteiger charge is -2.52. The van der Waals surface area contributed by atoms with Crippen molar-refractivity contribution in [2.75, 3.05) is 7.11 Å². The first-order valence-electron chi connectivity index (χ1n) is 9.25. The molecule has 3 aliphatic rings. The smallest absolute Gasteiger partial charge is 0.334 e. The molecule has 0 bridgehead atoms. The fraction of sp³-hybridized carbons (Fsp3) is 0.619. The molecule has 5 heteroatoms. The van der Waals surface area contributed by atoms with Crippen LogP contribution in [-0.2, 0) is 23.8 Å². The number of hydrogen-bond donors (Lipinski definition) is 0. The van der Waals surface area contributed by atoms with Gasteiger partial charge in [-0.3, -0.25) is 0 Å². The molecule has 0 saturated heterocycles. The molecule has 0 radical (unpaired) electrons. The predicted molar refractivity (Wildman–Crippen MR) is 97.3 cm³/mol. The standard InChI is InChI=1S/C21H28O5/c1-7-11(2)19(22)25-15-9-8-14-10-16-17(12(3)20(23)26-16)18(24-6)21(14,5)13(15)4/h7,10,13,15-16,18H,8-9H2,1-6H3/b11-7-/t13-,15-,16-,18+,21+/m0/s1. The molecule has 3 rings (SSSR count). The molecule has 0 unspecified atom stereocenters. The summed E-state index contributed by atoms with van der Waals surface area (Å²) >= 11 is 0. The number of carbonyl (C=O) groups is 2. The maximum absolute atomic E-state index is 12.3. The highest BCUT2D eigenvalue weighted by Gasteiger charge is 2.56. The molecule has 0 spiro atoms. The first-order chi connectivity index (χ1) is 12.2. The maximum atomic E-state index is 12.3. The highest BCUT2D eigenvalue weighted by molar-refractivity contribution is 5.92. The minimum atomic E-state index is -0.344. The van der Waals surface area contributed by atoms with Crippen LogP contribution in [0.4, 0.5) is 0 Å². The van der Waals surface area contributed by atoms with Crippen LogP contribution in [0.3, 0.4) is 0 Å². The fourth-order valence-electron chi connectivity index (χ4n) is 4.62. The Bertz CT molecular complexity index is 729. The van der Waals surface area contributed by atoms with E-state index in [-0.39, 0.29) is 41.6 Å². The van der Waals surface area contributed by atoms with E-state index in [0.29, 0.717) is 11.1 Å². The van der Waals surface area contributed by atoms with Gasteiger partial charge in [-0.05, 0) is 39.7 Å². The second kappa shape index (κ2) is 6.69. The van der Waals surface area contributed by atoms with Crippen LogP contribution < -0.4 is 0 Å². The number of fused-ring (bicyclic) bond motifs is 2. The van der Waals surface area contributed by atoms with E-state index in [1.54, 1.807) is 27.0 Å². The molecule has 1 fully saturated rings. The number of methoxy groups -OCH3 is 1. The zero-order chi connectivity index (χ0) is 19.2. The minimum absolute atomic E-state index is 0.0537. The van der Waals surface area contributed by atoms with E-state index < -0.39 is 0 Å². The molecule has 2 aliphatic carbocycles. The number of ether oxygens (including phenoxy) is 3. The minimum Gasteiger partial charge on any atom is -0.459 e. The van der Waals surface area contributed by atoms with Crippen LogP contribution in [0.15, 0.2) is 34.4 Å². The highest BCUT2D eigenvalue weighted by Crippen LogP contribution is 2.55. The van der Waals surface area contributed by atoms with E-state index in [4.69, 9.17) is 14.2 Å². The van der Waals surface area contributed by atoms with Crippen LogP contribution in [-0.4, -0.2) is 37.4 Å². The third-order valence-electron chi connectivity index (χ3n) is 6.60. The molecule has 0 aromatic rings. The van der Waals surface area contributed by atoms with Crippen LogP contribution in [0.2, 0.25) is 0 Å². The summed E-state index contributed by atoms with van der Waals surface area (Å²) in [4.78, 5) is 24.3. The lowest BCUT2D eigenvalue weighted by atomic mass is 9.56. The molecule has 1 saturated carbocycles. The molecule has 0 aromatic carbocycles. The molecule has 5 atom stereocenters. The zero-order valence-corrected chi connectivity index (χ0v) is 16.4. The molecule has 26 heavy (non-hydrogen) atoms. The maximum Gasteiger partial charge on any atom is 0.334 e. The van der Waals surface area contributed by atoms with Crippen molar-refractivity contribution < 1.29 is 23.8 Å². The Balaban J connectivity index is 1.97. The van der Waals surface area contributed by atoms with Crippen molar-refractivity contribution in [3.8, 4) is 0 Å². The molecule has 0 amide bonds. The Morgan fingerprint density at radius 1 is 1.42 bits per heavy atom. The van der Waals surface area contributed by atoms with E-state index in [1.807, 2.05) is 6.92 Å². The van der Waals surface area contributed by atoms with Crippen LogP contribution >= 0.6 is 0 Å². The lowest BCUT2D eigenvalue weighted by molar-refractivity contribution is -0.154. The lowest BCUT2D eigenvalue weighted by Crippen LogP contribution is -2.53. The van der Waals surface area contributed by atoms with Crippen molar-refractivity contribution in [2.45, 2.75) is 65.8 Å². The summed E-state index contributed by atoms with van der Waals surface area (Å²) < 4.78 is 17.2. The number of carbonyl (C=O) groups excluding carboxylic acids is 2. The third-order valence-corrected chi connectivity index (χ3v) is 6.60. The Morgan fingerprint density at radius 3 is 2.73 bits per heavy atom. The van der Waals surface area contributed by atoms with E-state index in [0.717, 1.165) is 18.4 Å². The van der Waals surface area contributed by atoms with Gasteiger partial charge in [0.2, 0.25) is 0 Å². The van der Waals surface area contributed by atoms with Gasteiger partial charge in [-0.15, -0.1) is 0 Å². The first-order valence-corrected chi connectivity index (χ1v) is 9.25. The zero-order valence-electron chi connectivity index (χ0n) is 16.4. The molecule has 1 aliphatic heterocycles. The van der Waals surface area contributed by atoms with Crippen molar-refractivity contribution in [2.24, 2.45) is 11.3 Å². The topological polar surface area (TPSA) is 61.8 Å². The Labute approximate surface area is 155 Å². The van der Waals surface area contributed by atoms with Gasteiger partial charge in [0, 0.05) is 35.2 Å². The van der Waals surface area contributed by atoms with Gasteiger partial charge < -0.3 is 14.2 Å². The van der Waals surface area contributed by atoms with Gasteiger partial charge in [-0.25, -0.2) is 9.59 Å². The van der Waals surface area contributed by atoms with Crippen molar-refractivity contribution in [3.05, 3.63) is 34.4 Å². The third kappa shape index (κ3) is 2.64. The summed E-state index contributed by atoms with van der Waals surface area (Å²) in [6, 6.07) is 0. The Kier molecular flexibility index (Phi) is 4.86. The van der Waals surface area contributed by atoms with Gasteiger partial charge in [0.1, 0.15) is 12.2 Å². The van der Waals surface area contributed by atoms with Crippen LogP contribution in [0, 0.1) is 11.3 Å². The summed E-state index contributed by atoms with van der Waals surface area (Å²) in [5.74, 6) is -0.485. The Hall–Kier alpha value is -1.88. The predicted octanol–water partition coefficient (Wildman–Crippen LogP) is 3.50. The molecule has 1 heterocycles. The number of hydrogen-bond acceptors (Lipinski definition) is 5. The van der Waals surface area contributed by atoms with Crippen LogP contribution in [0.25, 0.3) is 0 Å². The molecule has 0 N–H and O–H groups in total. The highest BCUT2D eigenvalue weighted by atomic mass is 16.6. The summed E-state index contributed by atoms with van der Waals surface area (Å²) in [6.45, 7) is 9.65. The fourth-order valence-corrected chi connectivity index (χ4v) is 4.62. The molecule has 5 nitrogen and oxygen atoms in total. The van der Waals surface area contributed by atoms with Gasteiger partial charge in [-0.1, -0.05) is 25.5 Å². The summed E-state index contributed by atoms with van der Waals surface area (Å²) in [5, 5.41) is 0. The van der Waals surface area contributed by atoms with Gasteiger partial charge in [0.15, 0.2) is 0 Å². The monoisotopic (exact) mass is 360 g/mol. The second-order valence-electron chi connectivity index (χ2n) is 7.74. The van der Waals surface area contributed by atoms with Gasteiger partial charge in [0.25, 0.3) is 0 Å². The Morgan fingerprint density at radius 2 is 2.12 bits per heavy atom. The van der Waals surface area contributed by atoms with Crippen LogP contribution in [0.5, 0.6) is 0 Å². The van der Waals surface area contributed by atoms with Crippen molar-refractivity contribution in [1.82, 2.24) is 0 Å².